The highest BCUT2D eigenvalue weighted by Gasteiger charge is 2.14. The van der Waals surface area contributed by atoms with Crippen LogP contribution in [-0.2, 0) is 6.42 Å². The summed E-state index contributed by atoms with van der Waals surface area (Å²) in [6, 6.07) is 12.2. The van der Waals surface area contributed by atoms with Gasteiger partial charge in [0.2, 0.25) is 0 Å². The SMILES string of the molecule is CCNC(Cc1cccc(OC)c1)c1cccnc1N. The Hall–Kier alpha value is -2.07. The molecule has 0 aliphatic carbocycles. The number of nitrogen functional groups attached to an aromatic ring is 1. The molecule has 1 unspecified atom stereocenters. The Morgan fingerprint density at radius 2 is 2.15 bits per heavy atom. The van der Waals surface area contributed by atoms with E-state index >= 15 is 0 Å². The number of pyridine rings is 1. The van der Waals surface area contributed by atoms with Crippen molar-refractivity contribution in [2.45, 2.75) is 19.4 Å². The lowest BCUT2D eigenvalue weighted by Crippen LogP contribution is -2.24. The lowest BCUT2D eigenvalue weighted by molar-refractivity contribution is 0.414. The number of aromatic nitrogens is 1. The molecule has 3 N–H and O–H groups in total. The van der Waals surface area contributed by atoms with Crippen LogP contribution < -0.4 is 15.8 Å². The molecule has 1 aromatic carbocycles. The van der Waals surface area contributed by atoms with Gasteiger partial charge in [-0.2, -0.15) is 0 Å². The van der Waals surface area contributed by atoms with Crippen LogP contribution in [0.2, 0.25) is 0 Å². The summed E-state index contributed by atoms with van der Waals surface area (Å²) in [4.78, 5) is 4.17. The molecule has 0 aliphatic rings. The molecule has 0 radical (unpaired) electrons. The van der Waals surface area contributed by atoms with E-state index in [1.165, 1.54) is 5.56 Å². The molecule has 20 heavy (non-hydrogen) atoms. The zero-order chi connectivity index (χ0) is 14.4. The van der Waals surface area contributed by atoms with Gasteiger partial charge in [-0.3, -0.25) is 0 Å². The first-order valence-electron chi connectivity index (χ1n) is 6.81. The number of hydrogen-bond donors (Lipinski definition) is 2. The Kier molecular flexibility index (Phi) is 4.96. The molecule has 2 aromatic rings. The summed E-state index contributed by atoms with van der Waals surface area (Å²) in [6.45, 7) is 2.97. The quantitative estimate of drug-likeness (QED) is 0.847. The van der Waals surface area contributed by atoms with Crippen molar-refractivity contribution in [1.29, 1.82) is 0 Å². The van der Waals surface area contributed by atoms with Crippen LogP contribution in [-0.4, -0.2) is 18.6 Å². The normalized spacial score (nSPS) is 12.1. The van der Waals surface area contributed by atoms with Gasteiger partial charge in [0.1, 0.15) is 11.6 Å². The molecule has 0 spiro atoms. The van der Waals surface area contributed by atoms with Gasteiger partial charge in [0.25, 0.3) is 0 Å². The molecule has 2 rings (SSSR count). The first-order valence-corrected chi connectivity index (χ1v) is 6.81. The summed E-state index contributed by atoms with van der Waals surface area (Å²) >= 11 is 0. The Morgan fingerprint density at radius 3 is 2.85 bits per heavy atom. The first-order chi connectivity index (χ1) is 9.74. The number of nitrogens with zero attached hydrogens (tertiary/aromatic N) is 1. The minimum absolute atomic E-state index is 0.154. The number of ether oxygens (including phenoxy) is 1. The van der Waals surface area contributed by atoms with Crippen molar-refractivity contribution in [1.82, 2.24) is 10.3 Å². The molecule has 0 aliphatic heterocycles. The van der Waals surface area contributed by atoms with E-state index in [0.29, 0.717) is 5.82 Å². The second-order valence-corrected chi connectivity index (χ2v) is 4.64. The maximum absolute atomic E-state index is 5.99. The molecule has 0 bridgehead atoms. The Balaban J connectivity index is 2.23. The predicted molar refractivity (Wildman–Crippen MR) is 81.8 cm³/mol. The molecule has 0 fully saturated rings. The number of hydrogen-bond acceptors (Lipinski definition) is 4. The van der Waals surface area contributed by atoms with Crippen LogP contribution in [0.4, 0.5) is 5.82 Å². The second kappa shape index (κ2) is 6.91. The summed E-state index contributed by atoms with van der Waals surface area (Å²) in [5.41, 5.74) is 8.23. The van der Waals surface area contributed by atoms with Crippen LogP contribution in [0.1, 0.15) is 24.1 Å². The predicted octanol–water partition coefficient (Wildman–Crippen LogP) is 2.57. The van der Waals surface area contributed by atoms with Crippen LogP contribution in [0, 0.1) is 0 Å². The van der Waals surface area contributed by atoms with Crippen molar-refractivity contribution in [3.05, 3.63) is 53.7 Å². The van der Waals surface area contributed by atoms with Crippen molar-refractivity contribution < 1.29 is 4.74 Å². The van der Waals surface area contributed by atoms with E-state index in [1.807, 2.05) is 24.3 Å². The lowest BCUT2D eigenvalue weighted by Gasteiger charge is -2.19. The highest BCUT2D eigenvalue weighted by Crippen LogP contribution is 2.23. The number of nitrogens with two attached hydrogens (primary N) is 1. The third-order valence-corrected chi connectivity index (χ3v) is 3.27. The van der Waals surface area contributed by atoms with E-state index in [-0.39, 0.29) is 6.04 Å². The zero-order valence-electron chi connectivity index (χ0n) is 12.0. The van der Waals surface area contributed by atoms with Gasteiger partial charge in [0, 0.05) is 17.8 Å². The fraction of sp³-hybridized carbons (Fsp3) is 0.312. The molecule has 4 heteroatoms. The number of methoxy groups -OCH3 is 1. The smallest absolute Gasteiger partial charge is 0.128 e. The van der Waals surface area contributed by atoms with Crippen molar-refractivity contribution in [2.24, 2.45) is 0 Å². The van der Waals surface area contributed by atoms with Gasteiger partial charge in [0.15, 0.2) is 0 Å². The van der Waals surface area contributed by atoms with Crippen LogP contribution >= 0.6 is 0 Å². The Bertz CT molecular complexity index is 557. The third-order valence-electron chi connectivity index (χ3n) is 3.27. The average Bonchev–Trinajstić information content (AvgIpc) is 2.47. The molecule has 0 saturated carbocycles. The van der Waals surface area contributed by atoms with Crippen molar-refractivity contribution in [2.75, 3.05) is 19.4 Å². The fourth-order valence-corrected chi connectivity index (χ4v) is 2.30. The molecule has 4 nitrogen and oxygen atoms in total. The van der Waals surface area contributed by atoms with Crippen LogP contribution in [0.25, 0.3) is 0 Å². The van der Waals surface area contributed by atoms with Gasteiger partial charge in [-0.1, -0.05) is 25.1 Å². The lowest BCUT2D eigenvalue weighted by atomic mass is 9.99. The monoisotopic (exact) mass is 271 g/mol. The van der Waals surface area contributed by atoms with Gasteiger partial charge in [-0.05, 0) is 36.7 Å². The summed E-state index contributed by atoms with van der Waals surface area (Å²) < 4.78 is 5.27. The molecule has 106 valence electrons. The molecule has 0 saturated heterocycles. The van der Waals surface area contributed by atoms with Crippen molar-refractivity contribution in [3.8, 4) is 5.75 Å². The third kappa shape index (κ3) is 3.48. The van der Waals surface area contributed by atoms with Gasteiger partial charge >= 0.3 is 0 Å². The van der Waals surface area contributed by atoms with Crippen molar-refractivity contribution in [3.63, 3.8) is 0 Å². The number of benzene rings is 1. The molecule has 1 aromatic heterocycles. The zero-order valence-corrected chi connectivity index (χ0v) is 12.0. The Morgan fingerprint density at radius 1 is 1.30 bits per heavy atom. The maximum atomic E-state index is 5.99. The number of anilines is 1. The first kappa shape index (κ1) is 14.3. The number of likely N-dealkylation sites (N-methyl/N-ethyl adjacent to an activating group) is 1. The minimum Gasteiger partial charge on any atom is -0.497 e. The van der Waals surface area contributed by atoms with Crippen LogP contribution in [0.5, 0.6) is 5.75 Å². The van der Waals surface area contributed by atoms with E-state index < -0.39 is 0 Å². The number of rotatable bonds is 6. The largest absolute Gasteiger partial charge is 0.497 e. The summed E-state index contributed by atoms with van der Waals surface area (Å²) in [5.74, 6) is 1.46. The van der Waals surface area contributed by atoms with E-state index in [2.05, 4.69) is 29.4 Å². The molecule has 0 amide bonds. The minimum atomic E-state index is 0.154. The van der Waals surface area contributed by atoms with Gasteiger partial charge in [0.05, 0.1) is 7.11 Å². The molecular weight excluding hydrogens is 250 g/mol. The van der Waals surface area contributed by atoms with Gasteiger partial charge in [-0.15, -0.1) is 0 Å². The topological polar surface area (TPSA) is 60.2 Å². The second-order valence-electron chi connectivity index (χ2n) is 4.64. The van der Waals surface area contributed by atoms with Crippen LogP contribution in [0.3, 0.4) is 0 Å². The summed E-state index contributed by atoms with van der Waals surface area (Å²) in [6.07, 6.45) is 2.56. The molecular formula is C16H21N3O. The highest BCUT2D eigenvalue weighted by molar-refractivity contribution is 5.42. The van der Waals surface area contributed by atoms with E-state index in [4.69, 9.17) is 10.5 Å². The van der Waals surface area contributed by atoms with Crippen molar-refractivity contribution >= 4 is 5.82 Å². The highest BCUT2D eigenvalue weighted by atomic mass is 16.5. The molecule has 1 heterocycles. The van der Waals surface area contributed by atoms with Crippen LogP contribution in [0.15, 0.2) is 42.6 Å². The summed E-state index contributed by atoms with van der Waals surface area (Å²) in [5, 5.41) is 3.46. The Labute approximate surface area is 120 Å². The maximum Gasteiger partial charge on any atom is 0.128 e. The average molecular weight is 271 g/mol. The molecule has 1 atom stereocenters. The van der Waals surface area contributed by atoms with Gasteiger partial charge < -0.3 is 15.8 Å². The van der Waals surface area contributed by atoms with E-state index in [1.54, 1.807) is 13.3 Å². The fourth-order valence-electron chi connectivity index (χ4n) is 2.30. The number of nitrogens with one attached hydrogen (secondary N) is 1. The standard InChI is InChI=1S/C16H21N3O/c1-3-18-15(14-8-5-9-19-16(14)17)11-12-6-4-7-13(10-12)20-2/h4-10,15,18H,3,11H2,1-2H3,(H2,17,19). The van der Waals surface area contributed by atoms with E-state index in [0.717, 1.165) is 24.3 Å². The van der Waals surface area contributed by atoms with E-state index in [9.17, 15) is 0 Å². The summed E-state index contributed by atoms with van der Waals surface area (Å²) in [7, 11) is 1.68. The van der Waals surface area contributed by atoms with Gasteiger partial charge in [-0.25, -0.2) is 4.98 Å².